The number of benzene rings is 1. The van der Waals surface area contributed by atoms with Gasteiger partial charge < -0.3 is 34.3 Å². The number of carbonyl (C=O) groups is 1. The third-order valence-corrected chi connectivity index (χ3v) is 7.20. The molecule has 3 aliphatic heterocycles. The first-order valence-electron chi connectivity index (χ1n) is 10.9. The van der Waals surface area contributed by atoms with E-state index < -0.39 is 11.7 Å². The summed E-state index contributed by atoms with van der Waals surface area (Å²) in [6, 6.07) is 5.48. The number of piperidine rings is 1. The molecule has 5 rings (SSSR count). The maximum atomic E-state index is 13.3. The first kappa shape index (κ1) is 22.5. The quantitative estimate of drug-likeness (QED) is 0.714. The molecule has 4 aliphatic rings. The fourth-order valence-electron chi connectivity index (χ4n) is 5.43. The van der Waals surface area contributed by atoms with Gasteiger partial charge in [0.2, 0.25) is 6.79 Å². The second kappa shape index (κ2) is 9.02. The smallest absolute Gasteiger partial charge is 0.254 e. The third-order valence-electron chi connectivity index (χ3n) is 7.20. The summed E-state index contributed by atoms with van der Waals surface area (Å²) in [4.78, 5) is 15.3. The van der Waals surface area contributed by atoms with Crippen molar-refractivity contribution in [3.8, 4) is 17.2 Å². The number of ether oxygens (including phenoxy) is 4. The van der Waals surface area contributed by atoms with Crippen molar-refractivity contribution in [3.05, 3.63) is 18.2 Å². The lowest BCUT2D eigenvalue weighted by Gasteiger charge is -2.37. The van der Waals surface area contributed by atoms with Gasteiger partial charge >= 0.3 is 0 Å². The zero-order valence-corrected chi connectivity index (χ0v) is 18.6. The number of rotatable bonds is 4. The van der Waals surface area contributed by atoms with E-state index >= 15 is 0 Å². The van der Waals surface area contributed by atoms with E-state index in [1.54, 1.807) is 7.11 Å². The Morgan fingerprint density at radius 3 is 2.61 bits per heavy atom. The van der Waals surface area contributed by atoms with Gasteiger partial charge in [0.1, 0.15) is 17.5 Å². The number of likely N-dealkylation sites (tertiary alicyclic amines) is 1. The van der Waals surface area contributed by atoms with Crippen molar-refractivity contribution >= 4 is 18.3 Å². The average Bonchev–Trinajstić information content (AvgIpc) is 3.40. The molecule has 0 radical (unpaired) electrons. The minimum Gasteiger partial charge on any atom is -0.488 e. The highest BCUT2D eigenvalue weighted by Crippen LogP contribution is 2.41. The number of hydrogen-bond acceptors (Lipinski definition) is 7. The van der Waals surface area contributed by atoms with Crippen molar-refractivity contribution in [2.75, 3.05) is 40.1 Å². The summed E-state index contributed by atoms with van der Waals surface area (Å²) < 4.78 is 22.6. The lowest BCUT2D eigenvalue weighted by atomic mass is 9.78. The number of nitrogens with zero attached hydrogens (tertiary/aromatic N) is 1. The number of amides is 1. The fraction of sp³-hybridized carbons (Fsp3) is 0.682. The van der Waals surface area contributed by atoms with Gasteiger partial charge in [-0.2, -0.15) is 0 Å². The summed E-state index contributed by atoms with van der Waals surface area (Å²) in [6.07, 6.45) is 1.93. The van der Waals surface area contributed by atoms with E-state index in [9.17, 15) is 9.90 Å². The van der Waals surface area contributed by atoms with E-state index in [-0.39, 0.29) is 31.2 Å². The number of hydrogen-bond donors (Lipinski definition) is 2. The highest BCUT2D eigenvalue weighted by Gasteiger charge is 2.49. The molecule has 0 unspecified atom stereocenters. The number of aliphatic hydroxyl groups excluding tert-OH is 1. The molecule has 3 fully saturated rings. The van der Waals surface area contributed by atoms with E-state index in [0.717, 1.165) is 19.5 Å². The standard InChI is InChI=1S/C22H30N2O6.ClH/c1-27-22(4-6-23-7-5-22)21(26)24-11-14-8-17(25)19(9-15(14)12-24)30-16-2-3-18-20(10-16)29-13-28-18;/h2-3,10,14-15,17,19,23,25H,4-9,11-13H2,1H3;1H/t14-,15+,17+,19+;/m0./s1. The van der Waals surface area contributed by atoms with E-state index in [0.29, 0.717) is 61.4 Å². The molecule has 9 heteroatoms. The minimum atomic E-state index is -0.709. The molecule has 172 valence electrons. The molecule has 1 aliphatic carbocycles. The van der Waals surface area contributed by atoms with E-state index in [1.807, 2.05) is 23.1 Å². The summed E-state index contributed by atoms with van der Waals surface area (Å²) in [6.45, 7) is 3.21. The van der Waals surface area contributed by atoms with Crippen LogP contribution in [0.25, 0.3) is 0 Å². The number of fused-ring (bicyclic) bond motifs is 2. The molecule has 31 heavy (non-hydrogen) atoms. The van der Waals surface area contributed by atoms with Crippen molar-refractivity contribution in [1.29, 1.82) is 0 Å². The second-order valence-corrected chi connectivity index (χ2v) is 8.89. The Hall–Kier alpha value is -1.74. The highest BCUT2D eigenvalue weighted by molar-refractivity contribution is 5.86. The number of halogens is 1. The van der Waals surface area contributed by atoms with Gasteiger partial charge in [0.15, 0.2) is 11.5 Å². The molecule has 1 aromatic carbocycles. The normalized spacial score (nSPS) is 31.0. The average molecular weight is 455 g/mol. The van der Waals surface area contributed by atoms with E-state index in [1.165, 1.54) is 0 Å². The van der Waals surface area contributed by atoms with Crippen LogP contribution < -0.4 is 19.5 Å². The molecule has 1 saturated carbocycles. The summed E-state index contributed by atoms with van der Waals surface area (Å²) >= 11 is 0. The minimum absolute atomic E-state index is 0. The molecule has 1 aromatic rings. The molecule has 0 aromatic heterocycles. The van der Waals surface area contributed by atoms with Crippen molar-refractivity contribution in [1.82, 2.24) is 10.2 Å². The maximum absolute atomic E-state index is 13.3. The van der Waals surface area contributed by atoms with Crippen LogP contribution in [0.2, 0.25) is 0 Å². The van der Waals surface area contributed by atoms with Crippen LogP contribution in [0.5, 0.6) is 17.2 Å². The predicted octanol–water partition coefficient (Wildman–Crippen LogP) is 1.58. The third kappa shape index (κ3) is 4.18. The Morgan fingerprint density at radius 1 is 1.16 bits per heavy atom. The molecule has 0 spiro atoms. The van der Waals surface area contributed by atoms with Crippen LogP contribution in [0.1, 0.15) is 25.7 Å². The first-order chi connectivity index (χ1) is 14.6. The van der Waals surface area contributed by atoms with Crippen LogP contribution in [-0.2, 0) is 9.53 Å². The van der Waals surface area contributed by atoms with Gasteiger partial charge in [-0.25, -0.2) is 0 Å². The monoisotopic (exact) mass is 454 g/mol. The first-order valence-corrected chi connectivity index (χ1v) is 10.9. The zero-order valence-electron chi connectivity index (χ0n) is 17.7. The summed E-state index contributed by atoms with van der Waals surface area (Å²) in [7, 11) is 1.64. The number of carbonyl (C=O) groups excluding carboxylic acids is 1. The van der Waals surface area contributed by atoms with Gasteiger partial charge in [-0.05, 0) is 62.7 Å². The van der Waals surface area contributed by atoms with Gasteiger partial charge in [0.25, 0.3) is 5.91 Å². The largest absolute Gasteiger partial charge is 0.488 e. The maximum Gasteiger partial charge on any atom is 0.254 e. The number of aliphatic hydroxyl groups is 1. The van der Waals surface area contributed by atoms with E-state index in [4.69, 9.17) is 18.9 Å². The zero-order chi connectivity index (χ0) is 20.7. The Kier molecular flexibility index (Phi) is 6.53. The molecule has 2 N–H and O–H groups in total. The number of methoxy groups -OCH3 is 1. The lowest BCUT2D eigenvalue weighted by Crippen LogP contribution is -2.55. The predicted molar refractivity (Wildman–Crippen MR) is 115 cm³/mol. The van der Waals surface area contributed by atoms with Crippen molar-refractivity contribution < 1.29 is 28.8 Å². The van der Waals surface area contributed by atoms with Crippen LogP contribution in [0.15, 0.2) is 18.2 Å². The summed E-state index contributed by atoms with van der Waals surface area (Å²) in [5.41, 5.74) is -0.709. The lowest BCUT2D eigenvalue weighted by molar-refractivity contribution is -0.157. The molecule has 2 saturated heterocycles. The Bertz CT molecular complexity index is 802. The fourth-order valence-corrected chi connectivity index (χ4v) is 5.43. The van der Waals surface area contributed by atoms with Crippen LogP contribution in [-0.4, -0.2) is 73.8 Å². The molecule has 1 amide bonds. The summed E-state index contributed by atoms with van der Waals surface area (Å²) in [5, 5.41) is 14.0. The molecule has 3 heterocycles. The van der Waals surface area contributed by atoms with Crippen LogP contribution in [0.4, 0.5) is 0 Å². The van der Waals surface area contributed by atoms with Gasteiger partial charge in [-0.15, -0.1) is 12.4 Å². The molecular formula is C22H31ClN2O6. The SMILES string of the molecule is COC1(C(=O)N2C[C@H]3C[C@@H](Oc4ccc5c(c4)OCO5)[C@H](O)C[C@H]3C2)CCNCC1.Cl. The molecule has 4 atom stereocenters. The topological polar surface area (TPSA) is 89.5 Å². The van der Waals surface area contributed by atoms with E-state index in [2.05, 4.69) is 5.32 Å². The Labute approximate surface area is 188 Å². The van der Waals surface area contributed by atoms with Crippen molar-refractivity contribution in [3.63, 3.8) is 0 Å². The second-order valence-electron chi connectivity index (χ2n) is 8.89. The Balaban J connectivity index is 0.00000231. The van der Waals surface area contributed by atoms with Crippen molar-refractivity contribution in [2.24, 2.45) is 11.8 Å². The van der Waals surface area contributed by atoms with Gasteiger partial charge in [0.05, 0.1) is 6.10 Å². The number of nitrogens with one attached hydrogen (secondary N) is 1. The Morgan fingerprint density at radius 2 is 1.87 bits per heavy atom. The van der Waals surface area contributed by atoms with Gasteiger partial charge in [-0.3, -0.25) is 4.79 Å². The molecule has 0 bridgehead atoms. The van der Waals surface area contributed by atoms with Crippen LogP contribution in [0, 0.1) is 11.8 Å². The summed E-state index contributed by atoms with van der Waals surface area (Å²) in [5.74, 6) is 2.77. The van der Waals surface area contributed by atoms with Gasteiger partial charge in [0, 0.05) is 26.3 Å². The van der Waals surface area contributed by atoms with Gasteiger partial charge in [-0.1, -0.05) is 0 Å². The molecule has 8 nitrogen and oxygen atoms in total. The van der Waals surface area contributed by atoms with Crippen molar-refractivity contribution in [2.45, 2.75) is 43.5 Å². The highest BCUT2D eigenvalue weighted by atomic mass is 35.5. The van der Waals surface area contributed by atoms with Crippen LogP contribution >= 0.6 is 12.4 Å². The van der Waals surface area contributed by atoms with Crippen LogP contribution in [0.3, 0.4) is 0 Å². The molecular weight excluding hydrogens is 424 g/mol.